The third-order valence-electron chi connectivity index (χ3n) is 6.07. The number of rotatable bonds is 3. The number of nitriles is 2. The summed E-state index contributed by atoms with van der Waals surface area (Å²) in [5.74, 6) is 0. The maximum Gasteiger partial charge on any atom is 0.103 e. The van der Waals surface area contributed by atoms with Crippen molar-refractivity contribution >= 4 is 21.8 Å². The molecule has 0 aliphatic carbocycles. The van der Waals surface area contributed by atoms with Crippen molar-refractivity contribution in [2.45, 2.75) is 0 Å². The second-order valence-corrected chi connectivity index (χ2v) is 8.04. The Morgan fingerprint density at radius 1 is 0.629 bits per heavy atom. The molecule has 0 bridgehead atoms. The number of nitrogens with zero attached hydrogens (tertiary/aromatic N) is 6. The highest BCUT2D eigenvalue weighted by molar-refractivity contribution is 6.11. The van der Waals surface area contributed by atoms with Crippen LogP contribution in [0.4, 0.5) is 0 Å². The summed E-state index contributed by atoms with van der Waals surface area (Å²) in [5.41, 5.74) is 6.68. The average molecular weight is 448 g/mol. The molecule has 0 fully saturated rings. The van der Waals surface area contributed by atoms with Crippen molar-refractivity contribution < 1.29 is 0 Å². The fourth-order valence-electron chi connectivity index (χ4n) is 4.51. The summed E-state index contributed by atoms with van der Waals surface area (Å²) in [5, 5.41) is 21.7. The molecule has 0 spiro atoms. The van der Waals surface area contributed by atoms with Crippen molar-refractivity contribution in [2.24, 2.45) is 0 Å². The molecular formula is C29H16N6. The maximum atomic E-state index is 9.84. The molecule has 4 heterocycles. The smallest absolute Gasteiger partial charge is 0.103 e. The number of aromatic nitrogens is 4. The predicted octanol–water partition coefficient (Wildman–Crippen LogP) is 6.05. The third kappa shape index (κ3) is 3.30. The first-order valence-electron chi connectivity index (χ1n) is 11.0. The van der Waals surface area contributed by atoms with Crippen LogP contribution in [0.1, 0.15) is 11.1 Å². The zero-order chi connectivity index (χ0) is 23.8. The summed E-state index contributed by atoms with van der Waals surface area (Å²) in [6.07, 6.45) is 6.55. The lowest BCUT2D eigenvalue weighted by atomic mass is 10.0. The van der Waals surface area contributed by atoms with Crippen LogP contribution in [0.25, 0.3) is 50.0 Å². The third-order valence-corrected chi connectivity index (χ3v) is 6.07. The second kappa shape index (κ2) is 8.22. The molecule has 6 heteroatoms. The van der Waals surface area contributed by atoms with Crippen LogP contribution in [-0.4, -0.2) is 19.5 Å². The number of benzene rings is 2. The van der Waals surface area contributed by atoms with Gasteiger partial charge in [-0.3, -0.25) is 15.0 Å². The average Bonchev–Trinajstić information content (AvgIpc) is 3.26. The highest BCUT2D eigenvalue weighted by Crippen LogP contribution is 2.37. The summed E-state index contributed by atoms with van der Waals surface area (Å²) in [7, 11) is 0. The zero-order valence-corrected chi connectivity index (χ0v) is 18.4. The van der Waals surface area contributed by atoms with Gasteiger partial charge in [0, 0.05) is 46.7 Å². The highest BCUT2D eigenvalue weighted by Gasteiger charge is 2.19. The van der Waals surface area contributed by atoms with Gasteiger partial charge in [-0.1, -0.05) is 24.3 Å². The van der Waals surface area contributed by atoms with Crippen molar-refractivity contribution in [3.05, 3.63) is 109 Å². The minimum absolute atomic E-state index is 0.338. The molecule has 0 saturated carbocycles. The minimum Gasteiger partial charge on any atom is -0.307 e. The van der Waals surface area contributed by atoms with Gasteiger partial charge in [0.25, 0.3) is 0 Å². The Morgan fingerprint density at radius 2 is 1.14 bits per heavy atom. The molecular weight excluding hydrogens is 432 g/mol. The standard InChI is InChI=1S/C29H16N6/c30-15-21-17-32-18-22(16-31)29(21)35-27-9-7-19(25-5-1-3-11-33-25)13-23(27)24-14-20(8-10-28(24)35)26-6-2-4-12-34-26/h1-14,17-18H. The van der Waals surface area contributed by atoms with Crippen LogP contribution in [0.2, 0.25) is 0 Å². The molecule has 0 aliphatic heterocycles. The Labute approximate surface area is 201 Å². The van der Waals surface area contributed by atoms with Crippen molar-refractivity contribution in [3.8, 4) is 40.3 Å². The summed E-state index contributed by atoms with van der Waals surface area (Å²) in [4.78, 5) is 13.1. The molecule has 0 radical (unpaired) electrons. The fourth-order valence-corrected chi connectivity index (χ4v) is 4.51. The van der Waals surface area contributed by atoms with E-state index in [9.17, 15) is 10.5 Å². The molecule has 162 valence electrons. The van der Waals surface area contributed by atoms with Crippen molar-refractivity contribution in [1.29, 1.82) is 10.5 Å². The van der Waals surface area contributed by atoms with Crippen LogP contribution >= 0.6 is 0 Å². The Hall–Kier alpha value is -5.33. The van der Waals surface area contributed by atoms with Gasteiger partial charge >= 0.3 is 0 Å². The van der Waals surface area contributed by atoms with Gasteiger partial charge in [-0.2, -0.15) is 10.5 Å². The highest BCUT2D eigenvalue weighted by atomic mass is 15.0. The molecule has 0 N–H and O–H groups in total. The SMILES string of the molecule is N#Cc1cncc(C#N)c1-n1c2ccc(-c3ccccn3)cc2c2cc(-c3ccccn3)ccc21. The van der Waals surface area contributed by atoms with E-state index in [4.69, 9.17) is 0 Å². The summed E-state index contributed by atoms with van der Waals surface area (Å²) in [6.45, 7) is 0. The second-order valence-electron chi connectivity index (χ2n) is 8.04. The van der Waals surface area contributed by atoms with Crippen molar-refractivity contribution in [1.82, 2.24) is 19.5 Å². The van der Waals surface area contributed by atoms with Gasteiger partial charge in [-0.15, -0.1) is 0 Å². The molecule has 4 aromatic heterocycles. The van der Waals surface area contributed by atoms with E-state index in [1.807, 2.05) is 65.2 Å². The molecule has 35 heavy (non-hydrogen) atoms. The van der Waals surface area contributed by atoms with E-state index >= 15 is 0 Å². The quantitative estimate of drug-likeness (QED) is 0.329. The van der Waals surface area contributed by atoms with Crippen LogP contribution in [0.3, 0.4) is 0 Å². The predicted molar refractivity (Wildman–Crippen MR) is 134 cm³/mol. The van der Waals surface area contributed by atoms with Crippen LogP contribution in [0, 0.1) is 22.7 Å². The molecule has 0 aliphatic rings. The normalized spacial score (nSPS) is 10.8. The number of pyridine rings is 3. The van der Waals surface area contributed by atoms with E-state index in [1.54, 1.807) is 12.4 Å². The Morgan fingerprint density at radius 3 is 1.57 bits per heavy atom. The van der Waals surface area contributed by atoms with Crippen LogP contribution < -0.4 is 0 Å². The van der Waals surface area contributed by atoms with E-state index in [1.165, 1.54) is 12.4 Å². The van der Waals surface area contributed by atoms with Crippen molar-refractivity contribution in [3.63, 3.8) is 0 Å². The van der Waals surface area contributed by atoms with Crippen LogP contribution in [0.5, 0.6) is 0 Å². The molecule has 6 rings (SSSR count). The molecule has 6 nitrogen and oxygen atoms in total. The van der Waals surface area contributed by atoms with E-state index in [-0.39, 0.29) is 0 Å². The van der Waals surface area contributed by atoms with Gasteiger partial charge in [0.2, 0.25) is 0 Å². The molecule has 0 unspecified atom stereocenters. The topological polar surface area (TPSA) is 91.2 Å². The Bertz CT molecular complexity index is 1680. The molecule has 6 aromatic rings. The first-order valence-corrected chi connectivity index (χ1v) is 11.0. The number of hydrogen-bond donors (Lipinski definition) is 0. The summed E-state index contributed by atoms with van der Waals surface area (Å²) < 4.78 is 1.98. The largest absolute Gasteiger partial charge is 0.307 e. The van der Waals surface area contributed by atoms with E-state index in [2.05, 4.69) is 39.2 Å². The van der Waals surface area contributed by atoms with Crippen LogP contribution in [0.15, 0.2) is 97.6 Å². The zero-order valence-electron chi connectivity index (χ0n) is 18.4. The molecule has 2 aromatic carbocycles. The van der Waals surface area contributed by atoms with Gasteiger partial charge in [-0.05, 0) is 48.5 Å². The van der Waals surface area contributed by atoms with E-state index in [0.717, 1.165) is 44.3 Å². The fraction of sp³-hybridized carbons (Fsp3) is 0. The molecule has 0 atom stereocenters. The van der Waals surface area contributed by atoms with E-state index < -0.39 is 0 Å². The summed E-state index contributed by atoms with van der Waals surface area (Å²) >= 11 is 0. The van der Waals surface area contributed by atoms with Gasteiger partial charge in [0.15, 0.2) is 0 Å². The summed E-state index contributed by atoms with van der Waals surface area (Å²) in [6, 6.07) is 28.4. The lowest BCUT2D eigenvalue weighted by Crippen LogP contribution is -2.02. The first-order chi connectivity index (χ1) is 17.3. The van der Waals surface area contributed by atoms with Crippen molar-refractivity contribution in [2.75, 3.05) is 0 Å². The number of fused-ring (bicyclic) bond motifs is 3. The van der Waals surface area contributed by atoms with Gasteiger partial charge in [-0.25, -0.2) is 0 Å². The van der Waals surface area contributed by atoms with Gasteiger partial charge < -0.3 is 4.57 Å². The monoisotopic (exact) mass is 448 g/mol. The first kappa shape index (κ1) is 20.3. The van der Waals surface area contributed by atoms with E-state index in [0.29, 0.717) is 16.8 Å². The number of hydrogen-bond acceptors (Lipinski definition) is 5. The Kier molecular flexibility index (Phi) is 4.77. The maximum absolute atomic E-state index is 9.84. The lowest BCUT2D eigenvalue weighted by molar-refractivity contribution is 1.12. The minimum atomic E-state index is 0.338. The van der Waals surface area contributed by atoms with Gasteiger partial charge in [0.1, 0.15) is 12.1 Å². The molecule has 0 saturated heterocycles. The molecule has 0 amide bonds. The lowest BCUT2D eigenvalue weighted by Gasteiger charge is -2.11. The van der Waals surface area contributed by atoms with Crippen LogP contribution in [-0.2, 0) is 0 Å². The Balaban J connectivity index is 1.73. The van der Waals surface area contributed by atoms with Gasteiger partial charge in [0.05, 0.1) is 39.2 Å².